The summed E-state index contributed by atoms with van der Waals surface area (Å²) in [5, 5.41) is 4.13. The van der Waals surface area contributed by atoms with Crippen molar-refractivity contribution in [1.29, 1.82) is 0 Å². The lowest BCUT2D eigenvalue weighted by molar-refractivity contribution is 0.623. The van der Waals surface area contributed by atoms with Gasteiger partial charge in [-0.25, -0.2) is 14.4 Å². The van der Waals surface area contributed by atoms with E-state index in [4.69, 9.17) is 0 Å². The summed E-state index contributed by atoms with van der Waals surface area (Å²) in [6.45, 7) is 1.97. The first kappa shape index (κ1) is 12.8. The molecule has 1 atom stereocenters. The van der Waals surface area contributed by atoms with Crippen molar-refractivity contribution < 1.29 is 4.39 Å². The van der Waals surface area contributed by atoms with Gasteiger partial charge in [-0.3, -0.25) is 0 Å². The van der Waals surface area contributed by atoms with Gasteiger partial charge in [0.2, 0.25) is 0 Å². The molecule has 0 bridgehead atoms. The van der Waals surface area contributed by atoms with Crippen LogP contribution in [0.1, 0.15) is 18.5 Å². The Morgan fingerprint density at radius 3 is 2.83 bits per heavy atom. The maximum Gasteiger partial charge on any atom is 0.130 e. The van der Waals surface area contributed by atoms with E-state index in [0.717, 1.165) is 16.4 Å². The summed E-state index contributed by atoms with van der Waals surface area (Å²) in [6, 6.07) is 8.42. The third-order valence-electron chi connectivity index (χ3n) is 2.56. The standard InChI is InChI=1S/C13H14FN3S/c1-9(10-4-3-5-11(14)6-10)17-12-7-13(18-2)16-8-15-12/h3-9H,1-2H3,(H,15,16,17). The lowest BCUT2D eigenvalue weighted by Crippen LogP contribution is -2.08. The van der Waals surface area contributed by atoms with Crippen LogP contribution in [0.15, 0.2) is 41.7 Å². The molecule has 0 radical (unpaired) electrons. The van der Waals surface area contributed by atoms with Crippen LogP contribution < -0.4 is 5.32 Å². The zero-order valence-corrected chi connectivity index (χ0v) is 11.0. The molecule has 0 saturated heterocycles. The third-order valence-corrected chi connectivity index (χ3v) is 3.21. The molecule has 18 heavy (non-hydrogen) atoms. The van der Waals surface area contributed by atoms with E-state index in [2.05, 4.69) is 15.3 Å². The highest BCUT2D eigenvalue weighted by atomic mass is 32.2. The Bertz CT molecular complexity index is 533. The molecule has 1 aromatic heterocycles. The van der Waals surface area contributed by atoms with E-state index in [1.807, 2.05) is 25.3 Å². The van der Waals surface area contributed by atoms with Crippen LogP contribution >= 0.6 is 11.8 Å². The van der Waals surface area contributed by atoms with Crippen LogP contribution in [0, 0.1) is 5.82 Å². The maximum atomic E-state index is 13.1. The first-order valence-corrected chi connectivity index (χ1v) is 6.79. The van der Waals surface area contributed by atoms with Gasteiger partial charge in [0.25, 0.3) is 0 Å². The van der Waals surface area contributed by atoms with Crippen molar-refractivity contribution in [3.8, 4) is 0 Å². The first-order chi connectivity index (χ1) is 8.69. The van der Waals surface area contributed by atoms with Crippen molar-refractivity contribution in [2.24, 2.45) is 0 Å². The van der Waals surface area contributed by atoms with Crippen molar-refractivity contribution in [2.45, 2.75) is 18.0 Å². The van der Waals surface area contributed by atoms with E-state index in [0.29, 0.717) is 0 Å². The lowest BCUT2D eigenvalue weighted by atomic mass is 10.1. The molecule has 3 nitrogen and oxygen atoms in total. The Morgan fingerprint density at radius 2 is 2.11 bits per heavy atom. The summed E-state index contributed by atoms with van der Waals surface area (Å²) in [5.74, 6) is 0.514. The Labute approximate surface area is 110 Å². The van der Waals surface area contributed by atoms with E-state index >= 15 is 0 Å². The van der Waals surface area contributed by atoms with E-state index in [1.54, 1.807) is 17.8 Å². The SMILES string of the molecule is CSc1cc(NC(C)c2cccc(F)c2)ncn1. The summed E-state index contributed by atoms with van der Waals surface area (Å²) >= 11 is 1.56. The molecule has 0 amide bonds. The molecule has 2 aromatic rings. The fourth-order valence-corrected chi connectivity index (χ4v) is 1.99. The molecule has 0 aliphatic carbocycles. The highest BCUT2D eigenvalue weighted by Crippen LogP contribution is 2.20. The Balaban J connectivity index is 2.13. The summed E-state index contributed by atoms with van der Waals surface area (Å²) in [4.78, 5) is 8.25. The van der Waals surface area contributed by atoms with Gasteiger partial charge < -0.3 is 5.32 Å². The van der Waals surface area contributed by atoms with Gasteiger partial charge in [0.05, 0.1) is 6.04 Å². The second-order valence-corrected chi connectivity index (χ2v) is 4.69. The molecular weight excluding hydrogens is 249 g/mol. The summed E-state index contributed by atoms with van der Waals surface area (Å²) in [7, 11) is 0. The third kappa shape index (κ3) is 3.20. The van der Waals surface area contributed by atoms with Crippen LogP contribution in [-0.2, 0) is 0 Å². The van der Waals surface area contributed by atoms with E-state index in [-0.39, 0.29) is 11.9 Å². The molecule has 0 fully saturated rings. The average Bonchev–Trinajstić information content (AvgIpc) is 2.39. The Hall–Kier alpha value is -1.62. The van der Waals surface area contributed by atoms with E-state index < -0.39 is 0 Å². The normalized spacial score (nSPS) is 12.2. The number of aromatic nitrogens is 2. The number of thioether (sulfide) groups is 1. The first-order valence-electron chi connectivity index (χ1n) is 5.57. The number of halogens is 1. The summed E-state index contributed by atoms with van der Waals surface area (Å²) < 4.78 is 13.1. The average molecular weight is 263 g/mol. The maximum absolute atomic E-state index is 13.1. The van der Waals surface area contributed by atoms with Gasteiger partial charge in [-0.05, 0) is 30.9 Å². The Kier molecular flexibility index (Phi) is 4.15. The highest BCUT2D eigenvalue weighted by Gasteiger charge is 2.07. The quantitative estimate of drug-likeness (QED) is 0.676. The molecule has 0 aliphatic heterocycles. The topological polar surface area (TPSA) is 37.8 Å². The fourth-order valence-electron chi connectivity index (χ4n) is 1.61. The van der Waals surface area contributed by atoms with Gasteiger partial charge in [0.15, 0.2) is 0 Å². The van der Waals surface area contributed by atoms with Gasteiger partial charge in [0, 0.05) is 6.07 Å². The van der Waals surface area contributed by atoms with Gasteiger partial charge >= 0.3 is 0 Å². The molecule has 0 spiro atoms. The van der Waals surface area contributed by atoms with Crippen LogP contribution in [0.4, 0.5) is 10.2 Å². The predicted molar refractivity (Wildman–Crippen MR) is 72.3 cm³/mol. The second-order valence-electron chi connectivity index (χ2n) is 3.87. The van der Waals surface area contributed by atoms with Crippen LogP contribution in [0.3, 0.4) is 0 Å². The van der Waals surface area contributed by atoms with Crippen LogP contribution in [0.25, 0.3) is 0 Å². The minimum absolute atomic E-state index is 0.00898. The van der Waals surface area contributed by atoms with Gasteiger partial charge in [0.1, 0.15) is 23.0 Å². The molecule has 5 heteroatoms. The molecule has 1 N–H and O–H groups in total. The smallest absolute Gasteiger partial charge is 0.130 e. The molecule has 1 heterocycles. The van der Waals surface area contributed by atoms with Crippen molar-refractivity contribution in [3.05, 3.63) is 48.0 Å². The number of anilines is 1. The molecule has 0 saturated carbocycles. The fraction of sp³-hybridized carbons (Fsp3) is 0.231. The molecule has 1 aromatic carbocycles. The largest absolute Gasteiger partial charge is 0.363 e. The van der Waals surface area contributed by atoms with E-state index in [1.165, 1.54) is 18.5 Å². The number of nitrogens with one attached hydrogen (secondary N) is 1. The van der Waals surface area contributed by atoms with Crippen LogP contribution in [0.5, 0.6) is 0 Å². The number of benzene rings is 1. The van der Waals surface area contributed by atoms with Crippen LogP contribution in [0.2, 0.25) is 0 Å². The summed E-state index contributed by atoms with van der Waals surface area (Å²) in [5.41, 5.74) is 0.888. The van der Waals surface area contributed by atoms with Gasteiger partial charge in [-0.15, -0.1) is 11.8 Å². The number of hydrogen-bond donors (Lipinski definition) is 1. The lowest BCUT2D eigenvalue weighted by Gasteiger charge is -2.15. The minimum Gasteiger partial charge on any atom is -0.363 e. The van der Waals surface area contributed by atoms with Crippen molar-refractivity contribution in [2.75, 3.05) is 11.6 Å². The van der Waals surface area contributed by atoms with Crippen molar-refractivity contribution in [3.63, 3.8) is 0 Å². The number of rotatable bonds is 4. The van der Waals surface area contributed by atoms with Crippen molar-refractivity contribution in [1.82, 2.24) is 9.97 Å². The zero-order valence-electron chi connectivity index (χ0n) is 10.2. The highest BCUT2D eigenvalue weighted by molar-refractivity contribution is 7.98. The van der Waals surface area contributed by atoms with Gasteiger partial charge in [-0.1, -0.05) is 12.1 Å². The van der Waals surface area contributed by atoms with Crippen LogP contribution in [-0.4, -0.2) is 16.2 Å². The Morgan fingerprint density at radius 1 is 1.28 bits per heavy atom. The molecule has 94 valence electrons. The minimum atomic E-state index is -0.228. The summed E-state index contributed by atoms with van der Waals surface area (Å²) in [6.07, 6.45) is 3.48. The van der Waals surface area contributed by atoms with E-state index in [9.17, 15) is 4.39 Å². The molecule has 2 rings (SSSR count). The molecule has 0 aliphatic rings. The predicted octanol–water partition coefficient (Wildman–Crippen LogP) is 3.51. The molecule has 1 unspecified atom stereocenters. The monoisotopic (exact) mass is 263 g/mol. The zero-order chi connectivity index (χ0) is 13.0. The second kappa shape index (κ2) is 5.82. The number of hydrogen-bond acceptors (Lipinski definition) is 4. The number of nitrogens with zero attached hydrogens (tertiary/aromatic N) is 2. The van der Waals surface area contributed by atoms with Crippen molar-refractivity contribution >= 4 is 17.6 Å². The van der Waals surface area contributed by atoms with Gasteiger partial charge in [-0.2, -0.15) is 0 Å². The molecular formula is C13H14FN3S.